The zero-order valence-electron chi connectivity index (χ0n) is 6.83. The van der Waals surface area contributed by atoms with Crippen LogP contribution in [-0.4, -0.2) is 42.8 Å². The molecule has 63 valence electrons. The third-order valence-electron chi connectivity index (χ3n) is 0.671. The molecule has 0 amide bonds. The van der Waals surface area contributed by atoms with E-state index in [-0.39, 0.29) is 4.65 Å². The van der Waals surface area contributed by atoms with E-state index in [2.05, 4.69) is 4.84 Å². The summed E-state index contributed by atoms with van der Waals surface area (Å²) >= 11 is 0. The van der Waals surface area contributed by atoms with Crippen molar-refractivity contribution in [1.82, 2.24) is 0 Å². The lowest BCUT2D eigenvalue weighted by molar-refractivity contribution is -1.04. The molecule has 0 aromatic carbocycles. The van der Waals surface area contributed by atoms with E-state index in [1.54, 1.807) is 21.1 Å². The average molecular weight is 162 g/mol. The highest BCUT2D eigenvalue weighted by Crippen LogP contribution is 1.95. The molecule has 0 saturated carbocycles. The minimum absolute atomic E-state index is 0.0217. The molecular formula is C6H12NO4+2. The molecule has 0 aromatic heterocycles. The summed E-state index contributed by atoms with van der Waals surface area (Å²) in [5.74, 6) is -1.91. The van der Waals surface area contributed by atoms with Gasteiger partial charge in [0.15, 0.2) is 0 Å². The van der Waals surface area contributed by atoms with Gasteiger partial charge in [-0.15, -0.1) is 0 Å². The van der Waals surface area contributed by atoms with Gasteiger partial charge in [0.05, 0.1) is 4.79 Å². The predicted molar refractivity (Wildman–Crippen MR) is 36.4 cm³/mol. The maximum Gasteiger partial charge on any atom is 0.649 e. The van der Waals surface area contributed by atoms with Crippen molar-refractivity contribution in [1.29, 1.82) is 0 Å². The van der Waals surface area contributed by atoms with Gasteiger partial charge in [-0.05, 0) is 0 Å². The van der Waals surface area contributed by atoms with E-state index in [1.165, 1.54) is 0 Å². The Hall–Kier alpha value is -1.10. The standard InChI is InChI=1S/C6H11NO4/c1-7(2,3)11-6(10)4-5(8)9/h4H2,1-3H3/q+1/p+1. The maximum absolute atomic E-state index is 10.7. The van der Waals surface area contributed by atoms with Crippen molar-refractivity contribution in [3.8, 4) is 0 Å². The van der Waals surface area contributed by atoms with Crippen LogP contribution >= 0.6 is 0 Å². The van der Waals surface area contributed by atoms with E-state index >= 15 is 0 Å². The van der Waals surface area contributed by atoms with Crippen molar-refractivity contribution in [3.05, 3.63) is 0 Å². The van der Waals surface area contributed by atoms with Gasteiger partial charge in [-0.3, -0.25) is 4.79 Å². The molecule has 1 radical (unpaired) electrons. The van der Waals surface area contributed by atoms with Crippen LogP contribution in [0.4, 0.5) is 0 Å². The fraction of sp³-hybridized carbons (Fsp3) is 0.667. The lowest BCUT2D eigenvalue weighted by Gasteiger charge is -2.09. The van der Waals surface area contributed by atoms with Crippen molar-refractivity contribution in [3.63, 3.8) is 0 Å². The number of hydroxylamine groups is 3. The second-order valence-electron chi connectivity index (χ2n) is 2.92. The number of carboxylic acids is 1. The van der Waals surface area contributed by atoms with Gasteiger partial charge in [-0.2, -0.15) is 0 Å². The van der Waals surface area contributed by atoms with E-state index < -0.39 is 18.4 Å². The zero-order valence-corrected chi connectivity index (χ0v) is 6.83. The van der Waals surface area contributed by atoms with Crippen LogP contribution in [0.1, 0.15) is 6.42 Å². The van der Waals surface area contributed by atoms with Gasteiger partial charge in [0.25, 0.3) is 0 Å². The summed E-state index contributed by atoms with van der Waals surface area (Å²) in [6.07, 6.45) is -0.588. The summed E-state index contributed by atoms with van der Waals surface area (Å²) in [6.45, 7) is 0. The van der Waals surface area contributed by atoms with Crippen molar-refractivity contribution in [2.45, 2.75) is 6.42 Å². The van der Waals surface area contributed by atoms with Gasteiger partial charge < -0.3 is 5.11 Å². The second-order valence-corrected chi connectivity index (χ2v) is 2.92. The van der Waals surface area contributed by atoms with Gasteiger partial charge in [-0.1, -0.05) is 9.48 Å². The van der Waals surface area contributed by atoms with Crippen LogP contribution in [0.3, 0.4) is 0 Å². The molecule has 0 atom stereocenters. The summed E-state index contributed by atoms with van der Waals surface area (Å²) in [5.41, 5.74) is 0. The number of aliphatic carboxylic acids is 1. The van der Waals surface area contributed by atoms with Crippen molar-refractivity contribution in [2.24, 2.45) is 0 Å². The summed E-state index contributed by atoms with van der Waals surface area (Å²) in [4.78, 5) is 25.3. The Balaban J connectivity index is 3.80. The molecule has 5 nitrogen and oxygen atoms in total. The summed E-state index contributed by atoms with van der Waals surface area (Å²) < 4.78 is -0.0217. The molecule has 0 rings (SSSR count). The first-order chi connectivity index (χ1) is 4.81. The van der Waals surface area contributed by atoms with Crippen LogP contribution in [0.2, 0.25) is 0 Å². The predicted octanol–water partition coefficient (Wildman–Crippen LogP) is -0.375. The first kappa shape index (κ1) is 9.90. The number of carboxylic acid groups (broad SMARTS) is 1. The van der Waals surface area contributed by atoms with Crippen LogP contribution in [0.15, 0.2) is 0 Å². The van der Waals surface area contributed by atoms with E-state index in [0.717, 1.165) is 0 Å². The average Bonchev–Trinajstić information content (AvgIpc) is 1.53. The normalized spacial score (nSPS) is 10.8. The fourth-order valence-electron chi connectivity index (χ4n) is 0.461. The summed E-state index contributed by atoms with van der Waals surface area (Å²) in [5, 5.41) is 8.17. The third-order valence-corrected chi connectivity index (χ3v) is 0.671. The smallest absolute Gasteiger partial charge is 0.481 e. The molecule has 0 unspecified atom stereocenters. The van der Waals surface area contributed by atoms with E-state index in [4.69, 9.17) is 5.11 Å². The van der Waals surface area contributed by atoms with Crippen molar-refractivity contribution < 1.29 is 24.2 Å². The van der Waals surface area contributed by atoms with Crippen LogP contribution in [0.25, 0.3) is 0 Å². The lowest BCUT2D eigenvalue weighted by Crippen LogP contribution is -2.37. The molecule has 1 N–H and O–H groups in total. The monoisotopic (exact) mass is 162 g/mol. The van der Waals surface area contributed by atoms with Gasteiger partial charge in [0.2, 0.25) is 6.42 Å². The third kappa shape index (κ3) is 6.79. The van der Waals surface area contributed by atoms with E-state index in [1.807, 2.05) is 0 Å². The first-order valence-corrected chi connectivity index (χ1v) is 3.07. The van der Waals surface area contributed by atoms with Crippen molar-refractivity contribution in [2.75, 3.05) is 21.1 Å². The van der Waals surface area contributed by atoms with Gasteiger partial charge in [-0.25, -0.2) is 0 Å². The number of rotatable bonds is 3. The lowest BCUT2D eigenvalue weighted by atomic mass is 10.4. The zero-order chi connectivity index (χ0) is 9.07. The SMILES string of the molecule is C[N+](C)(C)OC(=[O+])CC(=O)O. The molecule has 0 aliphatic carbocycles. The number of hydrogen-bond acceptors (Lipinski definition) is 3. The topological polar surface area (TPSA) is 66.4 Å². The minimum atomic E-state index is -1.18. The Kier molecular flexibility index (Phi) is 3.00. The molecule has 11 heavy (non-hydrogen) atoms. The van der Waals surface area contributed by atoms with Gasteiger partial charge in [0, 0.05) is 0 Å². The summed E-state index contributed by atoms with van der Waals surface area (Å²) in [7, 11) is 4.87. The Morgan fingerprint density at radius 2 is 2.00 bits per heavy atom. The molecular weight excluding hydrogens is 150 g/mol. The van der Waals surface area contributed by atoms with Crippen LogP contribution in [0, 0.1) is 0 Å². The van der Waals surface area contributed by atoms with Gasteiger partial charge in [0.1, 0.15) is 21.1 Å². The second kappa shape index (κ2) is 3.34. The molecule has 0 aromatic rings. The highest BCUT2D eigenvalue weighted by atomic mass is 16.7. The minimum Gasteiger partial charge on any atom is -0.481 e. The largest absolute Gasteiger partial charge is 0.649 e. The summed E-state index contributed by atoms with van der Waals surface area (Å²) in [6, 6.07) is 0. The highest BCUT2D eigenvalue weighted by Gasteiger charge is 2.31. The van der Waals surface area contributed by atoms with Crippen LogP contribution in [-0.2, 0) is 14.4 Å². The molecule has 0 heterocycles. The maximum atomic E-state index is 10.7. The van der Waals surface area contributed by atoms with Crippen LogP contribution in [0.5, 0.6) is 0 Å². The molecule has 0 bridgehead atoms. The molecule has 0 aliphatic rings. The molecule has 0 saturated heterocycles. The first-order valence-electron chi connectivity index (χ1n) is 3.07. The highest BCUT2D eigenvalue weighted by molar-refractivity contribution is 5.89. The van der Waals surface area contributed by atoms with E-state index in [9.17, 15) is 9.59 Å². The molecule has 5 heteroatoms. The number of quaternary nitrogens is 1. The fourth-order valence-corrected chi connectivity index (χ4v) is 0.461. The Morgan fingerprint density at radius 3 is 2.27 bits per heavy atom. The Labute approximate surface area is 64.7 Å². The quantitative estimate of drug-likeness (QED) is 0.266. The van der Waals surface area contributed by atoms with E-state index in [0.29, 0.717) is 0 Å². The number of hydrogen-bond donors (Lipinski definition) is 1. The molecule has 0 aliphatic heterocycles. The number of carbonyl (C=O) groups is 2. The van der Waals surface area contributed by atoms with Gasteiger partial charge >= 0.3 is 11.9 Å². The van der Waals surface area contributed by atoms with Crippen LogP contribution < -0.4 is 0 Å². The van der Waals surface area contributed by atoms with Crippen molar-refractivity contribution >= 4 is 11.9 Å². The Bertz CT molecular complexity index is 170. The number of nitrogens with zero attached hydrogens (tertiary/aromatic N) is 1. The molecule has 0 fully saturated rings. The molecule has 0 spiro atoms. The Morgan fingerprint density at radius 1 is 1.55 bits per heavy atom. The number of carbonyl (C=O) groups excluding carboxylic acids is 1.